The van der Waals surface area contributed by atoms with Crippen LogP contribution >= 0.6 is 0 Å². The highest BCUT2D eigenvalue weighted by Gasteiger charge is 2.24. The molecule has 0 fully saturated rings. The van der Waals surface area contributed by atoms with E-state index in [4.69, 9.17) is 14.2 Å². The molecule has 0 aliphatic rings. The number of esters is 1. The number of nitrogens with one attached hydrogen (secondary N) is 3. The predicted molar refractivity (Wildman–Crippen MR) is 118 cm³/mol. The molecule has 0 aromatic heterocycles. The van der Waals surface area contributed by atoms with E-state index in [1.165, 1.54) is 0 Å². The van der Waals surface area contributed by atoms with Crippen LogP contribution in [-0.4, -0.2) is 44.0 Å². The highest BCUT2D eigenvalue weighted by Crippen LogP contribution is 2.11. The summed E-state index contributed by atoms with van der Waals surface area (Å²) in [5.74, 6) is 0.239. The maximum atomic E-state index is 12.5. The SMILES string of the molecule is CNC(C)OC(=O)C(CCCCNC(=O)Oc1ccccc1)NC(=O)Oc1ccccc1. The Labute approximate surface area is 187 Å². The number of carbonyl (C=O) groups is 3. The summed E-state index contributed by atoms with van der Waals surface area (Å²) in [5.41, 5.74) is 0. The number of rotatable bonds is 11. The van der Waals surface area contributed by atoms with E-state index in [2.05, 4.69) is 16.0 Å². The van der Waals surface area contributed by atoms with Crippen LogP contribution in [0.25, 0.3) is 0 Å². The summed E-state index contributed by atoms with van der Waals surface area (Å²) in [6.07, 6.45) is -0.379. The summed E-state index contributed by atoms with van der Waals surface area (Å²) in [6.45, 7) is 2.04. The molecule has 2 rings (SSSR count). The van der Waals surface area contributed by atoms with Crippen molar-refractivity contribution >= 4 is 18.2 Å². The number of para-hydroxylation sites is 2. The highest BCUT2D eigenvalue weighted by atomic mass is 16.6. The van der Waals surface area contributed by atoms with Crippen LogP contribution < -0.4 is 25.4 Å². The van der Waals surface area contributed by atoms with Crippen molar-refractivity contribution < 1.29 is 28.6 Å². The van der Waals surface area contributed by atoms with Gasteiger partial charge in [0.2, 0.25) is 0 Å². The number of benzene rings is 2. The maximum absolute atomic E-state index is 12.5. The molecule has 0 radical (unpaired) electrons. The fourth-order valence-electron chi connectivity index (χ4n) is 2.63. The predicted octanol–water partition coefficient (Wildman–Crippen LogP) is 3.21. The Morgan fingerprint density at radius 2 is 1.41 bits per heavy atom. The van der Waals surface area contributed by atoms with Crippen molar-refractivity contribution in [2.24, 2.45) is 0 Å². The van der Waals surface area contributed by atoms with Crippen molar-refractivity contribution in [1.29, 1.82) is 0 Å². The van der Waals surface area contributed by atoms with Crippen LogP contribution in [0.2, 0.25) is 0 Å². The molecule has 0 spiro atoms. The largest absolute Gasteiger partial charge is 0.445 e. The Hall–Kier alpha value is -3.59. The molecule has 0 aliphatic heterocycles. The lowest BCUT2D eigenvalue weighted by atomic mass is 10.1. The van der Waals surface area contributed by atoms with Gasteiger partial charge in [0.1, 0.15) is 23.8 Å². The number of ether oxygens (including phenoxy) is 3. The fourth-order valence-corrected chi connectivity index (χ4v) is 2.63. The van der Waals surface area contributed by atoms with Gasteiger partial charge in [-0.15, -0.1) is 0 Å². The first-order valence-corrected chi connectivity index (χ1v) is 10.4. The minimum Gasteiger partial charge on any atom is -0.445 e. The van der Waals surface area contributed by atoms with E-state index in [0.717, 1.165) is 0 Å². The van der Waals surface area contributed by atoms with Gasteiger partial charge in [0, 0.05) is 6.54 Å². The Morgan fingerprint density at radius 1 is 0.844 bits per heavy atom. The van der Waals surface area contributed by atoms with E-state index in [9.17, 15) is 14.4 Å². The number of hydrogen-bond donors (Lipinski definition) is 3. The van der Waals surface area contributed by atoms with Gasteiger partial charge in [0.15, 0.2) is 0 Å². The molecule has 3 N–H and O–H groups in total. The zero-order valence-corrected chi connectivity index (χ0v) is 18.2. The fraction of sp³-hybridized carbons (Fsp3) is 0.348. The van der Waals surface area contributed by atoms with Gasteiger partial charge in [0.05, 0.1) is 0 Å². The second-order valence-corrected chi connectivity index (χ2v) is 6.89. The zero-order chi connectivity index (χ0) is 23.2. The van der Waals surface area contributed by atoms with E-state index >= 15 is 0 Å². The quantitative estimate of drug-likeness (QED) is 0.277. The molecule has 9 heteroatoms. The highest BCUT2D eigenvalue weighted by molar-refractivity contribution is 5.82. The maximum Gasteiger partial charge on any atom is 0.413 e. The van der Waals surface area contributed by atoms with E-state index in [1.54, 1.807) is 68.6 Å². The van der Waals surface area contributed by atoms with Crippen molar-refractivity contribution in [3.63, 3.8) is 0 Å². The summed E-state index contributed by atoms with van der Waals surface area (Å²) >= 11 is 0. The van der Waals surface area contributed by atoms with E-state index < -0.39 is 30.4 Å². The van der Waals surface area contributed by atoms with E-state index in [0.29, 0.717) is 37.3 Å². The molecule has 0 bridgehead atoms. The molecular formula is C23H29N3O6. The van der Waals surface area contributed by atoms with Crippen molar-refractivity contribution in [3.05, 3.63) is 60.7 Å². The van der Waals surface area contributed by atoms with Crippen LogP contribution in [0.4, 0.5) is 9.59 Å². The number of carbonyl (C=O) groups excluding carboxylic acids is 3. The molecule has 0 heterocycles. The Morgan fingerprint density at radius 3 is 1.97 bits per heavy atom. The van der Waals surface area contributed by atoms with Gasteiger partial charge in [-0.3, -0.25) is 5.32 Å². The number of unbranched alkanes of at least 4 members (excludes halogenated alkanes) is 1. The Balaban J connectivity index is 1.78. The topological polar surface area (TPSA) is 115 Å². The van der Waals surface area contributed by atoms with Crippen LogP contribution in [0.1, 0.15) is 26.2 Å². The lowest BCUT2D eigenvalue weighted by Crippen LogP contribution is -2.45. The molecule has 2 aromatic rings. The molecule has 0 aliphatic carbocycles. The molecule has 2 unspecified atom stereocenters. The standard InChI is InChI=1S/C23H29N3O6/c1-17(24-2)30-21(27)20(26-23(29)32-19-13-7-4-8-14-19)15-9-10-16-25-22(28)31-18-11-5-3-6-12-18/h3-8,11-14,17,20,24H,9-10,15-16H2,1-2H3,(H,25,28)(H,26,29). The molecule has 2 aromatic carbocycles. The molecule has 0 saturated carbocycles. The number of hydrogen-bond acceptors (Lipinski definition) is 7. The zero-order valence-electron chi connectivity index (χ0n) is 18.2. The smallest absolute Gasteiger partial charge is 0.413 e. The van der Waals surface area contributed by atoms with Gasteiger partial charge in [-0.1, -0.05) is 36.4 Å². The summed E-state index contributed by atoms with van der Waals surface area (Å²) in [7, 11) is 1.66. The van der Waals surface area contributed by atoms with Gasteiger partial charge in [-0.25, -0.2) is 14.4 Å². The van der Waals surface area contributed by atoms with E-state index in [-0.39, 0.29) is 0 Å². The summed E-state index contributed by atoms with van der Waals surface area (Å²) in [5, 5.41) is 8.01. The van der Waals surface area contributed by atoms with Gasteiger partial charge in [-0.2, -0.15) is 0 Å². The van der Waals surface area contributed by atoms with Crippen molar-refractivity contribution in [2.75, 3.05) is 13.6 Å². The van der Waals surface area contributed by atoms with Crippen LogP contribution in [0.5, 0.6) is 11.5 Å². The van der Waals surface area contributed by atoms with Gasteiger partial charge in [-0.05, 0) is 57.5 Å². The van der Waals surface area contributed by atoms with Gasteiger partial charge < -0.3 is 24.8 Å². The normalized spacial score (nSPS) is 12.2. The summed E-state index contributed by atoms with van der Waals surface area (Å²) < 4.78 is 15.6. The minimum absolute atomic E-state index is 0.314. The third kappa shape index (κ3) is 9.48. The van der Waals surface area contributed by atoms with Crippen molar-refractivity contribution in [3.8, 4) is 11.5 Å². The van der Waals surface area contributed by atoms with Gasteiger partial charge in [0.25, 0.3) is 0 Å². The third-order valence-electron chi connectivity index (χ3n) is 4.37. The first-order valence-electron chi connectivity index (χ1n) is 10.4. The molecular weight excluding hydrogens is 414 g/mol. The first kappa shape index (κ1) is 24.7. The molecule has 172 valence electrons. The first-order chi connectivity index (χ1) is 15.5. The lowest BCUT2D eigenvalue weighted by molar-refractivity contribution is -0.152. The average Bonchev–Trinajstić information content (AvgIpc) is 2.79. The molecule has 2 atom stereocenters. The average molecular weight is 444 g/mol. The Bertz CT molecular complexity index is 847. The molecule has 0 saturated heterocycles. The van der Waals surface area contributed by atoms with Crippen LogP contribution in [0, 0.1) is 0 Å². The second-order valence-electron chi connectivity index (χ2n) is 6.89. The summed E-state index contributed by atoms with van der Waals surface area (Å²) in [4.78, 5) is 36.5. The molecule has 32 heavy (non-hydrogen) atoms. The van der Waals surface area contributed by atoms with Crippen LogP contribution in [-0.2, 0) is 9.53 Å². The third-order valence-corrected chi connectivity index (χ3v) is 4.37. The van der Waals surface area contributed by atoms with E-state index in [1.807, 2.05) is 6.07 Å². The number of amides is 2. The Kier molecular flexibility index (Phi) is 10.5. The van der Waals surface area contributed by atoms with Crippen LogP contribution in [0.3, 0.4) is 0 Å². The minimum atomic E-state index is -0.890. The van der Waals surface area contributed by atoms with Crippen molar-refractivity contribution in [2.45, 2.75) is 38.5 Å². The summed E-state index contributed by atoms with van der Waals surface area (Å²) in [6, 6.07) is 16.4. The molecule has 2 amide bonds. The second kappa shape index (κ2) is 13.7. The molecule has 9 nitrogen and oxygen atoms in total. The van der Waals surface area contributed by atoms with Gasteiger partial charge >= 0.3 is 18.2 Å². The lowest BCUT2D eigenvalue weighted by Gasteiger charge is -2.20. The monoisotopic (exact) mass is 443 g/mol. The van der Waals surface area contributed by atoms with Crippen LogP contribution in [0.15, 0.2) is 60.7 Å². The van der Waals surface area contributed by atoms with Crippen molar-refractivity contribution in [1.82, 2.24) is 16.0 Å².